The van der Waals surface area contributed by atoms with Gasteiger partial charge < -0.3 is 4.74 Å². The normalized spacial score (nSPS) is 10.2. The number of carbonyl (C=O) groups is 2. The minimum atomic E-state index is -0.456. The minimum absolute atomic E-state index is 0.189. The Morgan fingerprint density at radius 1 is 1.04 bits per heavy atom. The van der Waals surface area contributed by atoms with Crippen LogP contribution in [0.5, 0.6) is 0 Å². The molecule has 0 bridgehead atoms. The smallest absolute Gasteiger partial charge is 0.269 e. The first-order valence-electron chi connectivity index (χ1n) is 6.72. The van der Waals surface area contributed by atoms with Crippen LogP contribution in [0.3, 0.4) is 0 Å². The summed E-state index contributed by atoms with van der Waals surface area (Å²) < 4.78 is 6.13. The number of hydrazine groups is 1. The van der Waals surface area contributed by atoms with Gasteiger partial charge in [-0.15, -0.1) is 0 Å². The van der Waals surface area contributed by atoms with Gasteiger partial charge in [0.2, 0.25) is 0 Å². The highest BCUT2D eigenvalue weighted by Crippen LogP contribution is 2.15. The van der Waals surface area contributed by atoms with Crippen LogP contribution in [0.25, 0.3) is 0 Å². The number of amides is 2. The lowest BCUT2D eigenvalue weighted by atomic mass is 10.2. The van der Waals surface area contributed by atoms with Crippen LogP contribution in [0, 0.1) is 0 Å². The lowest BCUT2D eigenvalue weighted by Gasteiger charge is -2.08. The van der Waals surface area contributed by atoms with Gasteiger partial charge in [-0.3, -0.25) is 20.4 Å². The van der Waals surface area contributed by atoms with Crippen LogP contribution in [0.4, 0.5) is 0 Å². The average Bonchev–Trinajstić information content (AvgIpc) is 2.55. The standard InChI is InChI=1S/C16H14BrClN2O3/c17-13-7-5-11(6-8-13)16(22)20-19-15(21)10-23-9-12-3-1-2-4-14(12)18/h1-8H,9-10H2,(H,19,21)(H,20,22). The molecule has 0 aliphatic heterocycles. The fraction of sp³-hybridized carbons (Fsp3) is 0.125. The third-order valence-corrected chi connectivity index (χ3v) is 3.77. The van der Waals surface area contributed by atoms with Crippen LogP contribution in [-0.4, -0.2) is 18.4 Å². The number of rotatable bonds is 5. The van der Waals surface area contributed by atoms with Crippen molar-refractivity contribution in [2.45, 2.75) is 6.61 Å². The van der Waals surface area contributed by atoms with E-state index in [0.29, 0.717) is 10.6 Å². The summed E-state index contributed by atoms with van der Waals surface area (Å²) in [6.07, 6.45) is 0. The van der Waals surface area contributed by atoms with Gasteiger partial charge in [-0.05, 0) is 35.9 Å². The van der Waals surface area contributed by atoms with Crippen molar-refractivity contribution in [3.8, 4) is 0 Å². The van der Waals surface area contributed by atoms with Gasteiger partial charge in [-0.2, -0.15) is 0 Å². The van der Waals surface area contributed by atoms with E-state index < -0.39 is 11.8 Å². The largest absolute Gasteiger partial charge is 0.367 e. The van der Waals surface area contributed by atoms with E-state index >= 15 is 0 Å². The second-order valence-electron chi connectivity index (χ2n) is 4.59. The zero-order valence-electron chi connectivity index (χ0n) is 12.0. The molecular weight excluding hydrogens is 384 g/mol. The number of halogens is 2. The molecule has 0 aromatic heterocycles. The van der Waals surface area contributed by atoms with E-state index in [1.165, 1.54) is 0 Å². The second kappa shape index (κ2) is 8.67. The summed E-state index contributed by atoms with van der Waals surface area (Å²) >= 11 is 9.26. The van der Waals surface area contributed by atoms with Crippen LogP contribution >= 0.6 is 27.5 Å². The zero-order valence-corrected chi connectivity index (χ0v) is 14.4. The molecule has 23 heavy (non-hydrogen) atoms. The Morgan fingerprint density at radius 2 is 1.74 bits per heavy atom. The first-order valence-corrected chi connectivity index (χ1v) is 7.89. The molecule has 2 amide bonds. The van der Waals surface area contributed by atoms with Crippen LogP contribution in [0.2, 0.25) is 5.02 Å². The van der Waals surface area contributed by atoms with Crippen molar-refractivity contribution in [2.75, 3.05) is 6.61 Å². The van der Waals surface area contributed by atoms with E-state index in [4.69, 9.17) is 16.3 Å². The van der Waals surface area contributed by atoms with Crippen LogP contribution < -0.4 is 10.9 Å². The van der Waals surface area contributed by atoms with Crippen LogP contribution in [0.1, 0.15) is 15.9 Å². The molecule has 7 heteroatoms. The van der Waals surface area contributed by atoms with Gasteiger partial charge in [0.05, 0.1) is 6.61 Å². The van der Waals surface area contributed by atoms with Gasteiger partial charge in [0.25, 0.3) is 11.8 Å². The first-order chi connectivity index (χ1) is 11.1. The molecular formula is C16H14BrClN2O3. The maximum absolute atomic E-state index is 11.8. The van der Waals surface area contributed by atoms with Crippen molar-refractivity contribution in [3.05, 3.63) is 69.2 Å². The number of ether oxygens (including phenoxy) is 1. The van der Waals surface area contributed by atoms with Crippen molar-refractivity contribution < 1.29 is 14.3 Å². The quantitative estimate of drug-likeness (QED) is 0.762. The lowest BCUT2D eigenvalue weighted by Crippen LogP contribution is -2.43. The highest BCUT2D eigenvalue weighted by Gasteiger charge is 2.08. The molecule has 0 unspecified atom stereocenters. The molecule has 0 fully saturated rings. The van der Waals surface area contributed by atoms with Gasteiger partial charge in [-0.1, -0.05) is 45.7 Å². The molecule has 2 aromatic rings. The lowest BCUT2D eigenvalue weighted by molar-refractivity contribution is -0.126. The summed E-state index contributed by atoms with van der Waals surface area (Å²) in [6, 6.07) is 14.0. The van der Waals surface area contributed by atoms with E-state index in [9.17, 15) is 9.59 Å². The minimum Gasteiger partial charge on any atom is -0.367 e. The molecule has 0 atom stereocenters. The number of carbonyl (C=O) groups excluding carboxylic acids is 2. The topological polar surface area (TPSA) is 67.4 Å². The summed E-state index contributed by atoms with van der Waals surface area (Å²) in [5, 5.41) is 0.580. The predicted octanol–water partition coefficient (Wildman–Crippen LogP) is 3.08. The highest BCUT2D eigenvalue weighted by atomic mass is 79.9. The number of nitrogens with one attached hydrogen (secondary N) is 2. The van der Waals surface area contributed by atoms with Crippen molar-refractivity contribution >= 4 is 39.3 Å². The van der Waals surface area contributed by atoms with Crippen molar-refractivity contribution in [1.29, 1.82) is 0 Å². The van der Waals surface area contributed by atoms with Gasteiger partial charge in [0, 0.05) is 15.1 Å². The molecule has 0 aliphatic rings. The Balaban J connectivity index is 1.72. The summed E-state index contributed by atoms with van der Waals surface area (Å²) in [6.45, 7) is 0.0274. The first kappa shape index (κ1) is 17.5. The van der Waals surface area contributed by atoms with Gasteiger partial charge in [-0.25, -0.2) is 0 Å². The molecule has 2 aromatic carbocycles. The van der Waals surface area contributed by atoms with Crippen molar-refractivity contribution in [1.82, 2.24) is 10.9 Å². The van der Waals surface area contributed by atoms with E-state index in [2.05, 4.69) is 26.8 Å². The Bertz CT molecular complexity index is 692. The van der Waals surface area contributed by atoms with Crippen molar-refractivity contribution in [2.24, 2.45) is 0 Å². The van der Waals surface area contributed by atoms with Crippen LogP contribution in [-0.2, 0) is 16.1 Å². The maximum Gasteiger partial charge on any atom is 0.269 e. The molecule has 2 N–H and O–H groups in total. The fourth-order valence-corrected chi connectivity index (χ4v) is 2.16. The van der Waals surface area contributed by atoms with E-state index in [1.54, 1.807) is 30.3 Å². The number of benzene rings is 2. The second-order valence-corrected chi connectivity index (χ2v) is 5.92. The van der Waals surface area contributed by atoms with E-state index in [1.807, 2.05) is 18.2 Å². The molecule has 0 saturated heterocycles. The Labute approximate surface area is 147 Å². The summed E-state index contributed by atoms with van der Waals surface area (Å²) in [5.41, 5.74) is 5.83. The fourth-order valence-electron chi connectivity index (χ4n) is 1.71. The molecule has 120 valence electrons. The Hall–Kier alpha value is -1.89. The molecule has 0 heterocycles. The number of hydrogen-bond acceptors (Lipinski definition) is 3. The molecule has 5 nitrogen and oxygen atoms in total. The third kappa shape index (κ3) is 5.67. The van der Waals surface area contributed by atoms with Gasteiger partial charge in [0.1, 0.15) is 6.61 Å². The average molecular weight is 398 g/mol. The van der Waals surface area contributed by atoms with Gasteiger partial charge >= 0.3 is 0 Å². The molecule has 0 saturated carbocycles. The van der Waals surface area contributed by atoms with E-state index in [-0.39, 0.29) is 13.2 Å². The Kier molecular flexibility index (Phi) is 6.58. The molecule has 2 rings (SSSR count). The summed E-state index contributed by atoms with van der Waals surface area (Å²) in [5.74, 6) is -0.862. The molecule has 0 aliphatic carbocycles. The highest BCUT2D eigenvalue weighted by molar-refractivity contribution is 9.10. The van der Waals surface area contributed by atoms with Gasteiger partial charge in [0.15, 0.2) is 0 Å². The Morgan fingerprint density at radius 3 is 2.43 bits per heavy atom. The monoisotopic (exact) mass is 396 g/mol. The van der Waals surface area contributed by atoms with Crippen molar-refractivity contribution in [3.63, 3.8) is 0 Å². The third-order valence-electron chi connectivity index (χ3n) is 2.87. The predicted molar refractivity (Wildman–Crippen MR) is 90.9 cm³/mol. The summed E-state index contributed by atoms with van der Waals surface area (Å²) in [4.78, 5) is 23.4. The molecule has 0 radical (unpaired) electrons. The maximum atomic E-state index is 11.8. The summed E-state index contributed by atoms with van der Waals surface area (Å²) in [7, 11) is 0. The SMILES string of the molecule is O=C(COCc1ccccc1Cl)NNC(=O)c1ccc(Br)cc1. The zero-order chi connectivity index (χ0) is 16.7. The molecule has 0 spiro atoms. The van der Waals surface area contributed by atoms with Crippen LogP contribution in [0.15, 0.2) is 53.0 Å². The number of hydrogen-bond donors (Lipinski definition) is 2. The van der Waals surface area contributed by atoms with E-state index in [0.717, 1.165) is 10.0 Å².